The molecule has 3 aromatic rings. The average Bonchev–Trinajstić information content (AvgIpc) is 2.90. The van der Waals surface area contributed by atoms with E-state index < -0.39 is 0 Å². The van der Waals surface area contributed by atoms with Crippen molar-refractivity contribution in [2.24, 2.45) is 7.05 Å². The summed E-state index contributed by atoms with van der Waals surface area (Å²) < 4.78 is 4.79. The van der Waals surface area contributed by atoms with Gasteiger partial charge in [-0.2, -0.15) is 0 Å². The van der Waals surface area contributed by atoms with Gasteiger partial charge in [0, 0.05) is 37.4 Å². The van der Waals surface area contributed by atoms with Crippen LogP contribution in [0, 0.1) is 4.77 Å². The van der Waals surface area contributed by atoms with Crippen molar-refractivity contribution in [3.63, 3.8) is 0 Å². The Morgan fingerprint density at radius 2 is 2.26 bits per heavy atom. The molecule has 0 spiro atoms. The Hall–Kier alpha value is -1.59. The Balaban J connectivity index is 1.96. The Morgan fingerprint density at radius 3 is 3.00 bits per heavy atom. The maximum Gasteiger partial charge on any atom is 0.178 e. The molecule has 0 amide bonds. The highest BCUT2D eigenvalue weighted by atomic mass is 35.5. The smallest absolute Gasteiger partial charge is 0.178 e. The maximum absolute atomic E-state index is 6.05. The van der Waals surface area contributed by atoms with E-state index in [-0.39, 0.29) is 0 Å². The van der Waals surface area contributed by atoms with Gasteiger partial charge in [0.15, 0.2) is 4.77 Å². The third-order valence-corrected chi connectivity index (χ3v) is 3.77. The molecule has 0 radical (unpaired) electrons. The summed E-state index contributed by atoms with van der Waals surface area (Å²) in [5, 5.41) is 0.715. The molecule has 0 saturated heterocycles. The van der Waals surface area contributed by atoms with E-state index in [0.717, 1.165) is 29.8 Å². The lowest BCUT2D eigenvalue weighted by Gasteiger charge is -2.05. The summed E-state index contributed by atoms with van der Waals surface area (Å²) in [4.78, 5) is 7.51. The first kappa shape index (κ1) is 12.4. The van der Waals surface area contributed by atoms with Crippen LogP contribution in [0.15, 0.2) is 30.6 Å². The molecular formula is C13H13ClN4S. The molecule has 6 heteroatoms. The molecule has 4 nitrogen and oxygen atoms in total. The number of imidazole rings is 2. The number of rotatable bonds is 3. The Labute approximate surface area is 120 Å². The molecule has 19 heavy (non-hydrogen) atoms. The van der Waals surface area contributed by atoms with Crippen molar-refractivity contribution in [1.29, 1.82) is 0 Å². The topological polar surface area (TPSA) is 38.5 Å². The third kappa shape index (κ3) is 2.31. The van der Waals surface area contributed by atoms with Crippen LogP contribution in [0.5, 0.6) is 0 Å². The second-order valence-electron chi connectivity index (χ2n) is 4.45. The summed E-state index contributed by atoms with van der Waals surface area (Å²) in [6.45, 7) is 0.782. The van der Waals surface area contributed by atoms with Crippen molar-refractivity contribution in [2.75, 3.05) is 0 Å². The molecule has 0 aliphatic heterocycles. The fourth-order valence-electron chi connectivity index (χ4n) is 2.20. The molecule has 3 rings (SSSR count). The number of aromatic amines is 1. The van der Waals surface area contributed by atoms with Gasteiger partial charge in [-0.3, -0.25) is 0 Å². The van der Waals surface area contributed by atoms with Gasteiger partial charge in [-0.25, -0.2) is 4.98 Å². The van der Waals surface area contributed by atoms with Crippen molar-refractivity contribution < 1.29 is 0 Å². The van der Waals surface area contributed by atoms with Crippen molar-refractivity contribution in [1.82, 2.24) is 19.1 Å². The molecule has 1 aromatic carbocycles. The zero-order valence-corrected chi connectivity index (χ0v) is 12.0. The fraction of sp³-hybridized carbons (Fsp3) is 0.231. The number of H-pyrrole nitrogens is 1. The van der Waals surface area contributed by atoms with E-state index in [1.54, 1.807) is 6.20 Å². The van der Waals surface area contributed by atoms with Crippen LogP contribution in [0.3, 0.4) is 0 Å². The van der Waals surface area contributed by atoms with Gasteiger partial charge < -0.3 is 14.1 Å². The summed E-state index contributed by atoms with van der Waals surface area (Å²) in [5.41, 5.74) is 2.04. The molecule has 0 aliphatic carbocycles. The van der Waals surface area contributed by atoms with Gasteiger partial charge in [-0.1, -0.05) is 11.6 Å². The van der Waals surface area contributed by atoms with Crippen molar-refractivity contribution >= 4 is 34.9 Å². The molecule has 0 atom stereocenters. The van der Waals surface area contributed by atoms with Crippen LogP contribution in [-0.4, -0.2) is 19.1 Å². The van der Waals surface area contributed by atoms with Gasteiger partial charge >= 0.3 is 0 Å². The van der Waals surface area contributed by atoms with Gasteiger partial charge in [0.05, 0.1) is 11.0 Å². The lowest BCUT2D eigenvalue weighted by molar-refractivity contribution is 0.658. The van der Waals surface area contributed by atoms with E-state index in [2.05, 4.69) is 14.5 Å². The van der Waals surface area contributed by atoms with Crippen molar-refractivity contribution in [3.8, 4) is 0 Å². The Kier molecular flexibility index (Phi) is 3.16. The monoisotopic (exact) mass is 292 g/mol. The maximum atomic E-state index is 6.05. The van der Waals surface area contributed by atoms with Crippen LogP contribution in [0.1, 0.15) is 5.82 Å². The van der Waals surface area contributed by atoms with Gasteiger partial charge in [0.25, 0.3) is 0 Å². The number of benzene rings is 1. The first-order chi connectivity index (χ1) is 9.15. The molecule has 1 N–H and O–H groups in total. The number of aromatic nitrogens is 4. The van der Waals surface area contributed by atoms with Gasteiger partial charge in [-0.05, 0) is 30.4 Å². The summed E-state index contributed by atoms with van der Waals surface area (Å²) in [5.74, 6) is 1.04. The van der Waals surface area contributed by atoms with Gasteiger partial charge in [0.1, 0.15) is 5.82 Å². The van der Waals surface area contributed by atoms with Crippen LogP contribution in [0.25, 0.3) is 11.0 Å². The normalized spacial score (nSPS) is 11.3. The Bertz CT molecular complexity index is 783. The quantitative estimate of drug-likeness (QED) is 0.752. The van der Waals surface area contributed by atoms with E-state index >= 15 is 0 Å². The summed E-state index contributed by atoms with van der Waals surface area (Å²) in [7, 11) is 1.99. The molecule has 2 heterocycles. The zero-order chi connectivity index (χ0) is 13.4. The molecule has 0 saturated carbocycles. The highest BCUT2D eigenvalue weighted by Gasteiger charge is 2.06. The molecule has 98 valence electrons. The number of aryl methyl sites for hydroxylation is 3. The predicted octanol–water partition coefficient (Wildman–Crippen LogP) is 3.33. The third-order valence-electron chi connectivity index (χ3n) is 3.22. The largest absolute Gasteiger partial charge is 0.338 e. The minimum absolute atomic E-state index is 0.714. The number of hydrogen-bond acceptors (Lipinski definition) is 2. The SMILES string of the molecule is Cn1ccnc1CCn1c(=S)[nH]c2ccc(Cl)cc21. The van der Waals surface area contributed by atoms with E-state index in [1.807, 2.05) is 36.0 Å². The predicted molar refractivity (Wildman–Crippen MR) is 79.0 cm³/mol. The second-order valence-corrected chi connectivity index (χ2v) is 5.27. The van der Waals surface area contributed by atoms with E-state index in [4.69, 9.17) is 23.8 Å². The van der Waals surface area contributed by atoms with Crippen LogP contribution in [-0.2, 0) is 20.0 Å². The van der Waals surface area contributed by atoms with Crippen molar-refractivity contribution in [3.05, 3.63) is 46.2 Å². The van der Waals surface area contributed by atoms with Crippen LogP contribution in [0.4, 0.5) is 0 Å². The fourth-order valence-corrected chi connectivity index (χ4v) is 2.66. The Morgan fingerprint density at radius 1 is 1.42 bits per heavy atom. The minimum Gasteiger partial charge on any atom is -0.338 e. The van der Waals surface area contributed by atoms with Gasteiger partial charge in [-0.15, -0.1) is 0 Å². The standard InChI is InChI=1S/C13H13ClN4S/c1-17-7-5-15-12(17)4-6-18-11-8-9(14)2-3-10(11)16-13(18)19/h2-3,5,7-8H,4,6H2,1H3,(H,16,19). The van der Waals surface area contributed by atoms with E-state index in [0.29, 0.717) is 9.79 Å². The van der Waals surface area contributed by atoms with Crippen LogP contribution < -0.4 is 0 Å². The van der Waals surface area contributed by atoms with E-state index in [1.165, 1.54) is 0 Å². The minimum atomic E-state index is 0.714. The number of nitrogens with zero attached hydrogens (tertiary/aromatic N) is 3. The average molecular weight is 293 g/mol. The summed E-state index contributed by atoms with van der Waals surface area (Å²) in [6.07, 6.45) is 4.58. The highest BCUT2D eigenvalue weighted by molar-refractivity contribution is 7.71. The van der Waals surface area contributed by atoms with Gasteiger partial charge in [0.2, 0.25) is 0 Å². The van der Waals surface area contributed by atoms with Crippen LogP contribution >= 0.6 is 23.8 Å². The number of nitrogens with one attached hydrogen (secondary N) is 1. The van der Waals surface area contributed by atoms with E-state index in [9.17, 15) is 0 Å². The zero-order valence-electron chi connectivity index (χ0n) is 10.4. The summed E-state index contributed by atoms with van der Waals surface area (Å²) >= 11 is 11.4. The first-order valence-electron chi connectivity index (χ1n) is 5.99. The van der Waals surface area contributed by atoms with Crippen molar-refractivity contribution in [2.45, 2.75) is 13.0 Å². The second kappa shape index (κ2) is 4.83. The van der Waals surface area contributed by atoms with Crippen LogP contribution in [0.2, 0.25) is 5.02 Å². The lowest BCUT2D eigenvalue weighted by atomic mass is 10.3. The lowest BCUT2D eigenvalue weighted by Crippen LogP contribution is -2.05. The molecule has 0 unspecified atom stereocenters. The number of fused-ring (bicyclic) bond motifs is 1. The molecule has 0 aliphatic rings. The molecule has 0 bridgehead atoms. The molecule has 2 aromatic heterocycles. The summed E-state index contributed by atoms with van der Waals surface area (Å²) in [6, 6.07) is 5.74. The molecular weight excluding hydrogens is 280 g/mol. The first-order valence-corrected chi connectivity index (χ1v) is 6.78. The number of halogens is 1. The molecule has 0 fully saturated rings. The highest BCUT2D eigenvalue weighted by Crippen LogP contribution is 2.19. The number of hydrogen-bond donors (Lipinski definition) is 1.